The number of nitrogens with one attached hydrogen (secondary N) is 2. The number of piperazine rings is 1. The van der Waals surface area contributed by atoms with E-state index in [1.54, 1.807) is 13.0 Å². The van der Waals surface area contributed by atoms with Gasteiger partial charge in [0.25, 0.3) is 0 Å². The Morgan fingerprint density at radius 3 is 2.26 bits per heavy atom. The first-order chi connectivity index (χ1) is 14.9. The molecule has 31 heavy (non-hydrogen) atoms. The lowest BCUT2D eigenvalue weighted by molar-refractivity contribution is -0.117. The number of nitrogens with zero attached hydrogens (tertiary/aromatic N) is 2. The number of carbonyl (C=O) groups is 3. The maximum Gasteiger partial charge on any atom is 0.335 e. The smallest absolute Gasteiger partial charge is 0.335 e. The quantitative estimate of drug-likeness (QED) is 0.627. The van der Waals surface area contributed by atoms with Crippen molar-refractivity contribution >= 4 is 34.8 Å². The maximum atomic E-state index is 13.0. The molecule has 0 aliphatic carbocycles. The van der Waals surface area contributed by atoms with Gasteiger partial charge in [0.15, 0.2) is 0 Å². The highest BCUT2D eigenvalue weighted by Crippen LogP contribution is 2.28. The largest absolute Gasteiger partial charge is 0.478 e. The van der Waals surface area contributed by atoms with Crippen LogP contribution >= 0.6 is 0 Å². The SMILES string of the molecule is CCC(=O)Nc1cc(C(=O)O)ccc1N1CCN(CC(=O)Nc2ccc(F)cc2)CC1. The van der Waals surface area contributed by atoms with Crippen LogP contribution in [0.2, 0.25) is 0 Å². The molecule has 1 saturated heterocycles. The number of benzene rings is 2. The van der Waals surface area contributed by atoms with Crippen LogP contribution in [0, 0.1) is 5.82 Å². The summed E-state index contributed by atoms with van der Waals surface area (Å²) in [5, 5.41) is 14.8. The molecule has 8 nitrogen and oxygen atoms in total. The fourth-order valence-electron chi connectivity index (χ4n) is 3.37. The molecule has 1 aliphatic rings. The molecule has 0 atom stereocenters. The van der Waals surface area contributed by atoms with Crippen LogP contribution in [0.3, 0.4) is 0 Å². The number of carboxylic acids is 1. The van der Waals surface area contributed by atoms with Gasteiger partial charge in [0.1, 0.15) is 5.82 Å². The Morgan fingerprint density at radius 2 is 1.65 bits per heavy atom. The topological polar surface area (TPSA) is 102 Å². The predicted molar refractivity (Wildman–Crippen MR) is 116 cm³/mol. The summed E-state index contributed by atoms with van der Waals surface area (Å²) >= 11 is 0. The van der Waals surface area contributed by atoms with E-state index in [0.717, 1.165) is 5.69 Å². The minimum absolute atomic E-state index is 0.103. The summed E-state index contributed by atoms with van der Waals surface area (Å²) in [6.45, 7) is 4.42. The van der Waals surface area contributed by atoms with Gasteiger partial charge in [-0.05, 0) is 42.5 Å². The highest BCUT2D eigenvalue weighted by atomic mass is 19.1. The fraction of sp³-hybridized carbons (Fsp3) is 0.318. The molecule has 1 heterocycles. The molecule has 3 rings (SSSR count). The number of hydrogen-bond acceptors (Lipinski definition) is 5. The van der Waals surface area contributed by atoms with E-state index in [1.165, 1.54) is 36.4 Å². The van der Waals surface area contributed by atoms with Crippen molar-refractivity contribution in [2.75, 3.05) is 48.3 Å². The zero-order valence-corrected chi connectivity index (χ0v) is 17.2. The Morgan fingerprint density at radius 1 is 0.968 bits per heavy atom. The number of hydrogen-bond donors (Lipinski definition) is 3. The van der Waals surface area contributed by atoms with Crippen molar-refractivity contribution in [3.63, 3.8) is 0 Å². The first kappa shape index (κ1) is 22.2. The van der Waals surface area contributed by atoms with Crippen LogP contribution in [0.5, 0.6) is 0 Å². The van der Waals surface area contributed by atoms with Crippen molar-refractivity contribution in [2.45, 2.75) is 13.3 Å². The summed E-state index contributed by atoms with van der Waals surface area (Å²) in [7, 11) is 0. The Hall–Kier alpha value is -3.46. The highest BCUT2D eigenvalue weighted by Gasteiger charge is 2.22. The van der Waals surface area contributed by atoms with Crippen molar-refractivity contribution in [1.29, 1.82) is 0 Å². The molecule has 2 amide bonds. The Kier molecular flexibility index (Phi) is 7.19. The molecule has 164 valence electrons. The molecule has 2 aromatic carbocycles. The monoisotopic (exact) mass is 428 g/mol. The van der Waals surface area contributed by atoms with E-state index in [-0.39, 0.29) is 36.2 Å². The number of carboxylic acid groups (broad SMARTS) is 1. The molecule has 0 radical (unpaired) electrons. The van der Waals surface area contributed by atoms with Crippen LogP contribution in [0.25, 0.3) is 0 Å². The third kappa shape index (κ3) is 6.02. The third-order valence-corrected chi connectivity index (χ3v) is 5.05. The third-order valence-electron chi connectivity index (χ3n) is 5.05. The molecule has 0 unspecified atom stereocenters. The summed E-state index contributed by atoms with van der Waals surface area (Å²) in [4.78, 5) is 39.5. The van der Waals surface area contributed by atoms with Crippen LogP contribution in [-0.2, 0) is 9.59 Å². The van der Waals surface area contributed by atoms with E-state index in [2.05, 4.69) is 15.5 Å². The molecule has 2 aromatic rings. The molecular weight excluding hydrogens is 403 g/mol. The normalized spacial score (nSPS) is 14.2. The molecule has 0 bridgehead atoms. The van der Waals surface area contributed by atoms with E-state index >= 15 is 0 Å². The number of amides is 2. The van der Waals surface area contributed by atoms with Crippen molar-refractivity contribution in [3.8, 4) is 0 Å². The summed E-state index contributed by atoms with van der Waals surface area (Å²) in [5.41, 5.74) is 1.86. The molecule has 0 spiro atoms. The Balaban J connectivity index is 1.60. The second kappa shape index (κ2) is 10.0. The van der Waals surface area contributed by atoms with Gasteiger partial charge in [-0.2, -0.15) is 0 Å². The molecule has 0 aromatic heterocycles. The Bertz CT molecular complexity index is 956. The van der Waals surface area contributed by atoms with Crippen molar-refractivity contribution in [3.05, 3.63) is 53.8 Å². The minimum atomic E-state index is -1.06. The summed E-state index contributed by atoms with van der Waals surface area (Å²) in [5.74, 6) is -1.79. The number of anilines is 3. The van der Waals surface area contributed by atoms with Crippen LogP contribution in [0.15, 0.2) is 42.5 Å². The minimum Gasteiger partial charge on any atom is -0.478 e. The molecule has 1 fully saturated rings. The second-order valence-corrected chi connectivity index (χ2v) is 7.26. The van der Waals surface area contributed by atoms with Gasteiger partial charge in [-0.15, -0.1) is 0 Å². The fourth-order valence-corrected chi connectivity index (χ4v) is 3.37. The Labute approximate surface area is 179 Å². The zero-order valence-electron chi connectivity index (χ0n) is 17.2. The summed E-state index contributed by atoms with van der Waals surface area (Å²) in [6.07, 6.45) is 0.285. The van der Waals surface area contributed by atoms with E-state index in [4.69, 9.17) is 0 Å². The van der Waals surface area contributed by atoms with Gasteiger partial charge >= 0.3 is 5.97 Å². The zero-order chi connectivity index (χ0) is 22.4. The summed E-state index contributed by atoms with van der Waals surface area (Å²) < 4.78 is 13.0. The maximum absolute atomic E-state index is 13.0. The molecular formula is C22H25FN4O4. The van der Waals surface area contributed by atoms with Crippen molar-refractivity contribution < 1.29 is 23.9 Å². The van der Waals surface area contributed by atoms with Gasteiger partial charge in [-0.25, -0.2) is 9.18 Å². The molecule has 1 aliphatic heterocycles. The number of halogens is 1. The van der Waals surface area contributed by atoms with Crippen molar-refractivity contribution in [1.82, 2.24) is 4.90 Å². The van der Waals surface area contributed by atoms with Crippen LogP contribution < -0.4 is 15.5 Å². The lowest BCUT2D eigenvalue weighted by Gasteiger charge is -2.36. The average Bonchev–Trinajstić information content (AvgIpc) is 2.76. The van der Waals surface area contributed by atoms with Gasteiger partial charge in [0, 0.05) is 38.3 Å². The lowest BCUT2D eigenvalue weighted by atomic mass is 10.1. The number of aromatic carboxylic acids is 1. The number of rotatable bonds is 7. The van der Waals surface area contributed by atoms with Gasteiger partial charge in [-0.1, -0.05) is 6.92 Å². The summed E-state index contributed by atoms with van der Waals surface area (Å²) in [6, 6.07) is 10.3. The van der Waals surface area contributed by atoms with E-state index < -0.39 is 5.97 Å². The molecule has 9 heteroatoms. The van der Waals surface area contributed by atoms with Crippen LogP contribution in [-0.4, -0.2) is 60.5 Å². The van der Waals surface area contributed by atoms with Gasteiger partial charge in [0.05, 0.1) is 23.5 Å². The van der Waals surface area contributed by atoms with Crippen LogP contribution in [0.4, 0.5) is 21.5 Å². The molecule has 3 N–H and O–H groups in total. The molecule has 0 saturated carbocycles. The average molecular weight is 428 g/mol. The number of carbonyl (C=O) groups excluding carboxylic acids is 2. The van der Waals surface area contributed by atoms with E-state index in [9.17, 15) is 23.9 Å². The van der Waals surface area contributed by atoms with Gasteiger partial charge in [0.2, 0.25) is 11.8 Å². The van der Waals surface area contributed by atoms with Gasteiger partial charge < -0.3 is 20.6 Å². The van der Waals surface area contributed by atoms with Crippen LogP contribution in [0.1, 0.15) is 23.7 Å². The standard InChI is InChI=1S/C22H25FN4O4/c1-2-20(28)25-18-13-15(22(30)31)3-8-19(18)27-11-9-26(10-12-27)14-21(29)24-17-6-4-16(23)5-7-17/h3-8,13H,2,9-12,14H2,1H3,(H,24,29)(H,25,28)(H,30,31). The lowest BCUT2D eigenvalue weighted by Crippen LogP contribution is -2.48. The van der Waals surface area contributed by atoms with Crippen molar-refractivity contribution in [2.24, 2.45) is 0 Å². The predicted octanol–water partition coefficient (Wildman–Crippen LogP) is 2.63. The highest BCUT2D eigenvalue weighted by molar-refractivity contribution is 5.97. The second-order valence-electron chi connectivity index (χ2n) is 7.26. The van der Waals surface area contributed by atoms with Gasteiger partial charge in [-0.3, -0.25) is 14.5 Å². The van der Waals surface area contributed by atoms with E-state index in [0.29, 0.717) is 37.6 Å². The first-order valence-electron chi connectivity index (χ1n) is 10.1. The van der Waals surface area contributed by atoms with E-state index in [1.807, 2.05) is 4.90 Å². The first-order valence-corrected chi connectivity index (χ1v) is 10.1.